The van der Waals surface area contributed by atoms with Crippen LogP contribution in [0.15, 0.2) is 0 Å². The van der Waals surface area contributed by atoms with E-state index in [0.717, 1.165) is 0 Å². The summed E-state index contributed by atoms with van der Waals surface area (Å²) < 4.78 is 39.0. The molecule has 1 aliphatic rings. The Morgan fingerprint density at radius 2 is 1.90 bits per heavy atom. The van der Waals surface area contributed by atoms with Gasteiger partial charge in [0, 0.05) is 19.1 Å². The molecule has 1 amide bonds. The Balaban J connectivity index is 2.66. The third kappa shape index (κ3) is 3.87. The predicted octanol–water partition coefficient (Wildman–Crippen LogP) is 1.49. The first-order chi connectivity index (χ1) is 9.49. The summed E-state index contributed by atoms with van der Waals surface area (Å²) in [5, 5.41) is 11.6. The molecule has 2 atom stereocenters. The Morgan fingerprint density at radius 3 is 2.29 bits per heavy atom. The van der Waals surface area contributed by atoms with Crippen molar-refractivity contribution in [3.05, 3.63) is 0 Å². The van der Waals surface area contributed by atoms with Crippen molar-refractivity contribution < 1.29 is 27.9 Å². The molecular formula is C13H21F3N2O3. The summed E-state index contributed by atoms with van der Waals surface area (Å²) in [6.07, 6.45) is -5.35. The molecule has 1 aliphatic heterocycles. The summed E-state index contributed by atoms with van der Waals surface area (Å²) in [6.45, 7) is 4.68. The molecular weight excluding hydrogens is 289 g/mol. The number of nitrogens with zero attached hydrogens (tertiary/aromatic N) is 1. The third-order valence-corrected chi connectivity index (χ3v) is 4.06. The number of carbonyl (C=O) groups excluding carboxylic acids is 1. The van der Waals surface area contributed by atoms with Crippen molar-refractivity contribution >= 4 is 11.9 Å². The fourth-order valence-corrected chi connectivity index (χ4v) is 2.22. The lowest BCUT2D eigenvalue weighted by Gasteiger charge is -2.27. The molecule has 2 unspecified atom stereocenters. The van der Waals surface area contributed by atoms with Crippen LogP contribution in [0.1, 0.15) is 27.2 Å². The monoisotopic (exact) mass is 310 g/mol. The molecule has 1 rings (SSSR count). The number of likely N-dealkylation sites (tertiary alicyclic amines) is 1. The second-order valence-electron chi connectivity index (χ2n) is 5.95. The van der Waals surface area contributed by atoms with Crippen molar-refractivity contribution in [3.8, 4) is 0 Å². The predicted molar refractivity (Wildman–Crippen MR) is 69.6 cm³/mol. The number of aliphatic carboxylic acids is 1. The number of carbonyl (C=O) groups is 2. The van der Waals surface area contributed by atoms with E-state index < -0.39 is 30.5 Å². The number of rotatable bonds is 5. The van der Waals surface area contributed by atoms with Crippen molar-refractivity contribution in [1.29, 1.82) is 0 Å². The highest BCUT2D eigenvalue weighted by molar-refractivity contribution is 5.79. The second-order valence-corrected chi connectivity index (χ2v) is 5.95. The highest BCUT2D eigenvalue weighted by Crippen LogP contribution is 2.45. The summed E-state index contributed by atoms with van der Waals surface area (Å²) >= 11 is 0. The number of amides is 1. The van der Waals surface area contributed by atoms with Gasteiger partial charge in [-0.15, -0.1) is 0 Å². The summed E-state index contributed by atoms with van der Waals surface area (Å²) in [5.74, 6) is -2.06. The molecule has 1 saturated heterocycles. The van der Waals surface area contributed by atoms with Gasteiger partial charge in [0.1, 0.15) is 0 Å². The van der Waals surface area contributed by atoms with Gasteiger partial charge in [-0.1, -0.05) is 13.8 Å². The second kappa shape index (κ2) is 6.21. The van der Waals surface area contributed by atoms with E-state index in [9.17, 15) is 22.8 Å². The molecule has 0 aromatic heterocycles. The molecule has 0 bridgehead atoms. The molecule has 0 saturated carbocycles. The van der Waals surface area contributed by atoms with Gasteiger partial charge in [-0.05, 0) is 19.3 Å². The van der Waals surface area contributed by atoms with Gasteiger partial charge in [0.2, 0.25) is 5.91 Å². The van der Waals surface area contributed by atoms with E-state index in [1.165, 1.54) is 4.90 Å². The van der Waals surface area contributed by atoms with Crippen LogP contribution in [0.2, 0.25) is 0 Å². The highest BCUT2D eigenvalue weighted by atomic mass is 19.4. The van der Waals surface area contributed by atoms with Crippen molar-refractivity contribution in [3.63, 3.8) is 0 Å². The zero-order chi connectivity index (χ0) is 16.4. The Morgan fingerprint density at radius 1 is 1.33 bits per heavy atom. The van der Waals surface area contributed by atoms with Gasteiger partial charge in [-0.2, -0.15) is 13.2 Å². The molecule has 0 aliphatic carbocycles. The normalized spacial score (nSPS) is 25.1. The Labute approximate surface area is 121 Å². The summed E-state index contributed by atoms with van der Waals surface area (Å²) in [7, 11) is 0. The molecule has 1 heterocycles. The fraction of sp³-hybridized carbons (Fsp3) is 0.846. The number of halogens is 3. The molecule has 0 aromatic carbocycles. The Bertz CT molecular complexity index is 412. The summed E-state index contributed by atoms with van der Waals surface area (Å²) in [4.78, 5) is 24.0. The van der Waals surface area contributed by atoms with Gasteiger partial charge in [0.15, 0.2) is 5.41 Å². The Hall–Kier alpha value is -1.31. The minimum absolute atomic E-state index is 0.0602. The number of alkyl halides is 3. The van der Waals surface area contributed by atoms with Crippen LogP contribution in [0.4, 0.5) is 13.2 Å². The van der Waals surface area contributed by atoms with Gasteiger partial charge < -0.3 is 10.4 Å². The van der Waals surface area contributed by atoms with E-state index in [0.29, 0.717) is 0 Å². The van der Waals surface area contributed by atoms with E-state index in [1.807, 2.05) is 20.8 Å². The smallest absolute Gasteiger partial charge is 0.406 e. The van der Waals surface area contributed by atoms with Gasteiger partial charge in [0.05, 0.1) is 6.54 Å². The lowest BCUT2D eigenvalue weighted by atomic mass is 9.86. The van der Waals surface area contributed by atoms with Crippen LogP contribution >= 0.6 is 0 Å². The van der Waals surface area contributed by atoms with Gasteiger partial charge in [-0.25, -0.2) is 0 Å². The maximum Gasteiger partial charge on any atom is 0.406 e. The van der Waals surface area contributed by atoms with E-state index in [2.05, 4.69) is 5.32 Å². The number of carboxylic acids is 1. The molecule has 2 N–H and O–H groups in total. The largest absolute Gasteiger partial charge is 0.481 e. The molecule has 122 valence electrons. The zero-order valence-electron chi connectivity index (χ0n) is 12.3. The van der Waals surface area contributed by atoms with Crippen LogP contribution in [0.25, 0.3) is 0 Å². The number of hydrogen-bond donors (Lipinski definition) is 2. The maximum atomic E-state index is 13.0. The van der Waals surface area contributed by atoms with Crippen LogP contribution in [0, 0.1) is 11.3 Å². The number of nitrogens with one attached hydrogen (secondary N) is 1. The molecule has 5 nitrogen and oxygen atoms in total. The molecule has 0 aromatic rings. The minimum Gasteiger partial charge on any atom is -0.481 e. The average molecular weight is 310 g/mol. The standard InChI is InChI=1S/C13H21F3N2O3/c1-8(2)9(3)17-10(19)6-18-5-4-12(7-18,11(20)21)13(14,15)16/h8-9H,4-7H2,1-3H3,(H,17,19)(H,20,21). The fourth-order valence-electron chi connectivity index (χ4n) is 2.22. The molecule has 0 spiro atoms. The Kier molecular flexibility index (Phi) is 5.25. The molecule has 1 fully saturated rings. The van der Waals surface area contributed by atoms with E-state index in [4.69, 9.17) is 5.11 Å². The zero-order valence-corrected chi connectivity index (χ0v) is 12.3. The van der Waals surface area contributed by atoms with Crippen LogP contribution in [0.3, 0.4) is 0 Å². The maximum absolute atomic E-state index is 13.0. The van der Waals surface area contributed by atoms with Crippen LogP contribution in [-0.4, -0.2) is 53.7 Å². The number of hydrogen-bond acceptors (Lipinski definition) is 3. The molecule has 21 heavy (non-hydrogen) atoms. The van der Waals surface area contributed by atoms with Crippen molar-refractivity contribution in [1.82, 2.24) is 10.2 Å². The van der Waals surface area contributed by atoms with Gasteiger partial charge >= 0.3 is 12.1 Å². The first kappa shape index (κ1) is 17.7. The lowest BCUT2D eigenvalue weighted by Crippen LogP contribution is -2.48. The quantitative estimate of drug-likeness (QED) is 0.807. The number of carboxylic acid groups (broad SMARTS) is 1. The highest BCUT2D eigenvalue weighted by Gasteiger charge is 2.63. The van der Waals surface area contributed by atoms with Gasteiger partial charge in [-0.3, -0.25) is 14.5 Å². The van der Waals surface area contributed by atoms with E-state index >= 15 is 0 Å². The average Bonchev–Trinajstić information content (AvgIpc) is 2.73. The SMILES string of the molecule is CC(C)C(C)NC(=O)CN1CCC(C(=O)O)(C(F)(F)F)C1. The van der Waals surface area contributed by atoms with E-state index in [-0.39, 0.29) is 31.0 Å². The van der Waals surface area contributed by atoms with Crippen LogP contribution in [-0.2, 0) is 9.59 Å². The van der Waals surface area contributed by atoms with Crippen LogP contribution in [0.5, 0.6) is 0 Å². The molecule has 0 radical (unpaired) electrons. The molecule has 8 heteroatoms. The van der Waals surface area contributed by atoms with Crippen molar-refractivity contribution in [2.45, 2.75) is 39.4 Å². The van der Waals surface area contributed by atoms with Crippen molar-refractivity contribution in [2.75, 3.05) is 19.6 Å². The van der Waals surface area contributed by atoms with Crippen molar-refractivity contribution in [2.24, 2.45) is 11.3 Å². The van der Waals surface area contributed by atoms with Crippen LogP contribution < -0.4 is 5.32 Å². The topological polar surface area (TPSA) is 69.6 Å². The summed E-state index contributed by atoms with van der Waals surface area (Å²) in [5.41, 5.74) is -2.77. The first-order valence-electron chi connectivity index (χ1n) is 6.81. The third-order valence-electron chi connectivity index (χ3n) is 4.06. The van der Waals surface area contributed by atoms with E-state index in [1.54, 1.807) is 0 Å². The minimum atomic E-state index is -4.82. The van der Waals surface area contributed by atoms with Gasteiger partial charge in [0.25, 0.3) is 0 Å². The first-order valence-corrected chi connectivity index (χ1v) is 6.81. The lowest BCUT2D eigenvalue weighted by molar-refractivity contribution is -0.227. The summed E-state index contributed by atoms with van der Waals surface area (Å²) in [6, 6.07) is -0.0908.